The summed E-state index contributed by atoms with van der Waals surface area (Å²) >= 11 is 0. The van der Waals surface area contributed by atoms with Gasteiger partial charge in [0.2, 0.25) is 0 Å². The van der Waals surface area contributed by atoms with Crippen molar-refractivity contribution >= 4 is 27.6 Å². The van der Waals surface area contributed by atoms with Crippen molar-refractivity contribution < 1.29 is 0 Å². The number of nitrogens with one attached hydrogen (secondary N) is 2. The molecule has 33 heavy (non-hydrogen) atoms. The zero-order valence-electron chi connectivity index (χ0n) is 19.0. The van der Waals surface area contributed by atoms with E-state index in [9.17, 15) is 0 Å². The van der Waals surface area contributed by atoms with E-state index in [4.69, 9.17) is 4.98 Å². The molecular formula is C27H28N6. The molecule has 0 saturated carbocycles. The molecule has 0 aliphatic carbocycles. The first kappa shape index (κ1) is 21.1. The fraction of sp³-hybridized carbons (Fsp3) is 0.222. The Labute approximate surface area is 193 Å². The molecule has 0 atom stereocenters. The first-order valence-electron chi connectivity index (χ1n) is 11.6. The molecule has 0 bridgehead atoms. The van der Waals surface area contributed by atoms with Gasteiger partial charge in [-0.25, -0.2) is 4.98 Å². The van der Waals surface area contributed by atoms with Gasteiger partial charge in [0.25, 0.3) is 0 Å². The summed E-state index contributed by atoms with van der Waals surface area (Å²) in [6.45, 7) is 8.18. The number of fused-ring (bicyclic) bond motifs is 3. The molecule has 5 aromatic rings. The number of pyridine rings is 3. The normalized spacial score (nSPS) is 13.7. The van der Waals surface area contributed by atoms with Gasteiger partial charge in [0.1, 0.15) is 5.65 Å². The lowest BCUT2D eigenvalue weighted by atomic mass is 10.0. The molecule has 5 heterocycles. The van der Waals surface area contributed by atoms with E-state index in [0.717, 1.165) is 64.9 Å². The van der Waals surface area contributed by atoms with Crippen LogP contribution >= 0.6 is 0 Å². The van der Waals surface area contributed by atoms with Gasteiger partial charge in [0, 0.05) is 72.4 Å². The second-order valence-electron chi connectivity index (χ2n) is 7.89. The average Bonchev–Trinajstić information content (AvgIpc) is 3.28. The standard InChI is InChI=1S/C25H22N6.C2H6/c1-2-18(14-27-7-1)23-13-21-22-12-19(15-29-25(22)30-24(21)16-28-23)17-3-5-20(6-4-17)31-10-8-26-9-11-31;1-2/h1-7,12-16,26H,8-11H2,(H,29,30);1-2H3. The van der Waals surface area contributed by atoms with E-state index in [1.165, 1.54) is 11.3 Å². The number of hydrogen-bond donors (Lipinski definition) is 2. The molecule has 1 aliphatic rings. The van der Waals surface area contributed by atoms with Gasteiger partial charge in [-0.15, -0.1) is 0 Å². The molecule has 6 nitrogen and oxygen atoms in total. The quantitative estimate of drug-likeness (QED) is 0.403. The van der Waals surface area contributed by atoms with Gasteiger partial charge in [-0.1, -0.05) is 26.0 Å². The van der Waals surface area contributed by atoms with Crippen LogP contribution in [0, 0.1) is 0 Å². The molecule has 1 aliphatic heterocycles. The Morgan fingerprint density at radius 1 is 0.788 bits per heavy atom. The second-order valence-corrected chi connectivity index (χ2v) is 7.89. The van der Waals surface area contributed by atoms with E-state index in [1.807, 2.05) is 44.6 Å². The lowest BCUT2D eigenvalue weighted by molar-refractivity contribution is 0.589. The Morgan fingerprint density at radius 3 is 2.36 bits per heavy atom. The highest BCUT2D eigenvalue weighted by molar-refractivity contribution is 6.07. The Hall–Kier alpha value is -3.77. The molecule has 6 heteroatoms. The number of H-pyrrole nitrogens is 1. The summed E-state index contributed by atoms with van der Waals surface area (Å²) < 4.78 is 0. The zero-order valence-corrected chi connectivity index (χ0v) is 19.0. The molecule has 0 unspecified atom stereocenters. The first-order chi connectivity index (χ1) is 16.3. The van der Waals surface area contributed by atoms with Crippen LogP contribution in [0.4, 0.5) is 5.69 Å². The highest BCUT2D eigenvalue weighted by atomic mass is 15.2. The Bertz CT molecular complexity index is 1350. The summed E-state index contributed by atoms with van der Waals surface area (Å²) in [4.78, 5) is 19.3. The van der Waals surface area contributed by atoms with Crippen LogP contribution in [0.15, 0.2) is 73.3 Å². The topological polar surface area (TPSA) is 69.7 Å². The molecule has 4 aromatic heterocycles. The fourth-order valence-electron chi connectivity index (χ4n) is 4.29. The van der Waals surface area contributed by atoms with Crippen LogP contribution in [-0.4, -0.2) is 46.1 Å². The zero-order chi connectivity index (χ0) is 22.6. The van der Waals surface area contributed by atoms with Gasteiger partial charge in [-0.05, 0) is 42.0 Å². The summed E-state index contributed by atoms with van der Waals surface area (Å²) in [5.41, 5.74) is 7.34. The number of anilines is 1. The van der Waals surface area contributed by atoms with Crippen LogP contribution in [0.3, 0.4) is 0 Å². The molecule has 1 fully saturated rings. The van der Waals surface area contributed by atoms with Crippen LogP contribution in [-0.2, 0) is 0 Å². The van der Waals surface area contributed by atoms with Crippen molar-refractivity contribution in [3.63, 3.8) is 0 Å². The van der Waals surface area contributed by atoms with E-state index in [2.05, 4.69) is 61.6 Å². The van der Waals surface area contributed by atoms with Gasteiger partial charge < -0.3 is 15.2 Å². The number of aromatic nitrogens is 4. The lowest BCUT2D eigenvalue weighted by Crippen LogP contribution is -2.43. The molecule has 1 saturated heterocycles. The smallest absolute Gasteiger partial charge is 0.138 e. The summed E-state index contributed by atoms with van der Waals surface area (Å²) in [5, 5.41) is 5.63. The molecule has 6 rings (SSSR count). The van der Waals surface area contributed by atoms with Crippen molar-refractivity contribution in [2.75, 3.05) is 31.1 Å². The van der Waals surface area contributed by atoms with Gasteiger partial charge in [0.05, 0.1) is 17.4 Å². The van der Waals surface area contributed by atoms with Crippen LogP contribution in [0.1, 0.15) is 13.8 Å². The van der Waals surface area contributed by atoms with E-state index >= 15 is 0 Å². The number of aromatic amines is 1. The van der Waals surface area contributed by atoms with Crippen molar-refractivity contribution in [1.29, 1.82) is 0 Å². The van der Waals surface area contributed by atoms with Gasteiger partial charge >= 0.3 is 0 Å². The Balaban J connectivity index is 0.00000111. The van der Waals surface area contributed by atoms with Gasteiger partial charge in [0.15, 0.2) is 0 Å². The second kappa shape index (κ2) is 9.38. The molecule has 0 radical (unpaired) electrons. The van der Waals surface area contributed by atoms with Crippen LogP contribution in [0.2, 0.25) is 0 Å². The van der Waals surface area contributed by atoms with Crippen LogP contribution < -0.4 is 10.2 Å². The molecule has 0 spiro atoms. The number of rotatable bonds is 3. The largest absolute Gasteiger partial charge is 0.369 e. The van der Waals surface area contributed by atoms with Crippen molar-refractivity contribution in [3.8, 4) is 22.4 Å². The van der Waals surface area contributed by atoms with Crippen molar-refractivity contribution in [2.24, 2.45) is 0 Å². The Morgan fingerprint density at radius 2 is 1.61 bits per heavy atom. The Kier molecular flexibility index (Phi) is 6.00. The highest BCUT2D eigenvalue weighted by Crippen LogP contribution is 2.31. The van der Waals surface area contributed by atoms with E-state index < -0.39 is 0 Å². The molecular weight excluding hydrogens is 408 g/mol. The maximum Gasteiger partial charge on any atom is 0.138 e. The fourth-order valence-corrected chi connectivity index (χ4v) is 4.29. The van der Waals surface area contributed by atoms with E-state index in [0.29, 0.717) is 0 Å². The summed E-state index contributed by atoms with van der Waals surface area (Å²) in [6.07, 6.45) is 7.43. The lowest BCUT2D eigenvalue weighted by Gasteiger charge is -2.29. The average molecular weight is 437 g/mol. The number of hydrogen-bond acceptors (Lipinski definition) is 5. The minimum absolute atomic E-state index is 0.876. The van der Waals surface area contributed by atoms with E-state index in [1.54, 1.807) is 6.20 Å². The third-order valence-electron chi connectivity index (χ3n) is 5.97. The third kappa shape index (κ3) is 4.17. The summed E-state index contributed by atoms with van der Waals surface area (Å²) in [5.74, 6) is 0. The number of nitrogens with zero attached hydrogens (tertiary/aromatic N) is 4. The monoisotopic (exact) mass is 436 g/mol. The molecule has 1 aromatic carbocycles. The van der Waals surface area contributed by atoms with Crippen LogP contribution in [0.25, 0.3) is 44.3 Å². The predicted molar refractivity (Wildman–Crippen MR) is 136 cm³/mol. The maximum atomic E-state index is 4.70. The predicted octanol–water partition coefficient (Wildman–Crippen LogP) is 5.28. The number of benzene rings is 1. The maximum absolute atomic E-state index is 4.70. The SMILES string of the molecule is CC.c1cncc(-c2cc3c(cn2)[nH]c2ncc(-c4ccc(N5CCNCC5)cc4)cc23)c1. The third-order valence-corrected chi connectivity index (χ3v) is 5.97. The summed E-state index contributed by atoms with van der Waals surface area (Å²) in [7, 11) is 0. The first-order valence-corrected chi connectivity index (χ1v) is 11.6. The van der Waals surface area contributed by atoms with Crippen molar-refractivity contribution in [3.05, 3.63) is 73.3 Å². The van der Waals surface area contributed by atoms with E-state index in [-0.39, 0.29) is 0 Å². The molecule has 166 valence electrons. The molecule has 0 amide bonds. The molecule has 2 N–H and O–H groups in total. The number of piperazine rings is 1. The van der Waals surface area contributed by atoms with Gasteiger partial charge in [-0.3, -0.25) is 9.97 Å². The minimum atomic E-state index is 0.876. The summed E-state index contributed by atoms with van der Waals surface area (Å²) in [6, 6.07) is 17.1. The van der Waals surface area contributed by atoms with Crippen molar-refractivity contribution in [2.45, 2.75) is 13.8 Å². The van der Waals surface area contributed by atoms with Crippen molar-refractivity contribution in [1.82, 2.24) is 25.3 Å². The highest BCUT2D eigenvalue weighted by Gasteiger charge is 2.12. The minimum Gasteiger partial charge on any atom is -0.369 e. The van der Waals surface area contributed by atoms with Gasteiger partial charge in [-0.2, -0.15) is 0 Å². The van der Waals surface area contributed by atoms with Crippen LogP contribution in [0.5, 0.6) is 0 Å².